The van der Waals surface area contributed by atoms with Crippen molar-refractivity contribution in [2.75, 3.05) is 13.1 Å². The highest BCUT2D eigenvalue weighted by molar-refractivity contribution is 5.85. The number of tetrazole rings is 1. The van der Waals surface area contributed by atoms with Gasteiger partial charge in [-0.2, -0.15) is 0 Å². The van der Waals surface area contributed by atoms with Gasteiger partial charge in [0.2, 0.25) is 0 Å². The summed E-state index contributed by atoms with van der Waals surface area (Å²) in [6.45, 7) is 1.20. The van der Waals surface area contributed by atoms with Gasteiger partial charge in [0.05, 0.1) is 24.2 Å². The van der Waals surface area contributed by atoms with E-state index < -0.39 is 0 Å². The lowest BCUT2D eigenvalue weighted by Gasteiger charge is -2.44. The third kappa shape index (κ3) is 2.54. The number of benzene rings is 1. The zero-order valence-corrected chi connectivity index (χ0v) is 14.3. The predicted molar refractivity (Wildman–Crippen MR) is 95.7 cm³/mol. The molecule has 1 saturated heterocycles. The maximum atomic E-state index is 13.1. The van der Waals surface area contributed by atoms with Crippen molar-refractivity contribution in [3.8, 4) is 11.4 Å². The van der Waals surface area contributed by atoms with Gasteiger partial charge in [0.1, 0.15) is 5.69 Å². The van der Waals surface area contributed by atoms with Gasteiger partial charge in [-0.3, -0.25) is 4.79 Å². The number of pyridine rings is 1. The van der Waals surface area contributed by atoms with E-state index in [1.165, 1.54) is 4.68 Å². The van der Waals surface area contributed by atoms with Gasteiger partial charge in [0.25, 0.3) is 0 Å². The SMILES string of the molecule is Cn1nnnc1-c1cn(C)c2cc([N+]3([O-])CCCCC3)ccc2c1=O. The minimum atomic E-state index is -0.306. The molecule has 1 aliphatic heterocycles. The van der Waals surface area contributed by atoms with Crippen LogP contribution in [0.5, 0.6) is 0 Å². The Labute approximate surface area is 144 Å². The van der Waals surface area contributed by atoms with Gasteiger partial charge in [-0.1, -0.05) is 0 Å². The smallest absolute Gasteiger partial charge is 0.200 e. The Bertz CT molecular complexity index is 1000. The van der Waals surface area contributed by atoms with Crippen LogP contribution in [0.1, 0.15) is 19.3 Å². The molecule has 4 rings (SSSR count). The zero-order valence-electron chi connectivity index (χ0n) is 14.3. The number of hydroxylamine groups is 2. The predicted octanol–water partition coefficient (Wildman–Crippen LogP) is 1.72. The van der Waals surface area contributed by atoms with Gasteiger partial charge in [0, 0.05) is 37.8 Å². The second-order valence-electron chi connectivity index (χ2n) is 6.71. The summed E-state index contributed by atoms with van der Waals surface area (Å²) in [6, 6.07) is 5.40. The highest BCUT2D eigenvalue weighted by Gasteiger charge is 2.24. The quantitative estimate of drug-likeness (QED) is 0.523. The first-order valence-corrected chi connectivity index (χ1v) is 8.44. The molecule has 0 spiro atoms. The molecule has 8 nitrogen and oxygen atoms in total. The summed E-state index contributed by atoms with van der Waals surface area (Å²) in [4.78, 5) is 12.9. The molecule has 0 N–H and O–H groups in total. The Kier molecular flexibility index (Phi) is 3.66. The fraction of sp³-hybridized carbons (Fsp3) is 0.412. The van der Waals surface area contributed by atoms with Crippen molar-refractivity contribution in [2.45, 2.75) is 19.3 Å². The van der Waals surface area contributed by atoms with Crippen LogP contribution < -0.4 is 10.1 Å². The summed E-state index contributed by atoms with van der Waals surface area (Å²) in [5.41, 5.74) is 1.78. The van der Waals surface area contributed by atoms with Crippen LogP contribution in [0.2, 0.25) is 0 Å². The Balaban J connectivity index is 1.89. The molecule has 0 atom stereocenters. The van der Waals surface area contributed by atoms with E-state index in [-0.39, 0.29) is 10.1 Å². The molecular formula is C17H20N6O2. The number of rotatable bonds is 2. The summed E-state index contributed by atoms with van der Waals surface area (Å²) in [6.07, 6.45) is 4.73. The summed E-state index contributed by atoms with van der Waals surface area (Å²) in [5, 5.41) is 25.0. The molecule has 3 heterocycles. The molecular weight excluding hydrogens is 320 g/mol. The van der Waals surface area contributed by atoms with E-state index in [2.05, 4.69) is 15.5 Å². The number of hydrogen-bond acceptors (Lipinski definition) is 5. The lowest BCUT2D eigenvalue weighted by atomic mass is 10.1. The molecule has 3 aromatic rings. The maximum absolute atomic E-state index is 13.1. The molecule has 25 heavy (non-hydrogen) atoms. The Morgan fingerprint density at radius 3 is 2.60 bits per heavy atom. The van der Waals surface area contributed by atoms with Crippen molar-refractivity contribution in [2.24, 2.45) is 14.1 Å². The topological polar surface area (TPSA) is 88.7 Å². The minimum Gasteiger partial charge on any atom is -0.627 e. The van der Waals surface area contributed by atoms with Crippen molar-refractivity contribution in [3.63, 3.8) is 0 Å². The summed E-state index contributed by atoms with van der Waals surface area (Å²) >= 11 is 0. The third-order valence-electron chi connectivity index (χ3n) is 5.04. The van der Waals surface area contributed by atoms with Crippen LogP contribution >= 0.6 is 0 Å². The maximum Gasteiger partial charge on any atom is 0.200 e. The number of fused-ring (bicyclic) bond motifs is 1. The molecule has 1 aliphatic rings. The normalized spacial score (nSPS) is 17.1. The van der Waals surface area contributed by atoms with Gasteiger partial charge >= 0.3 is 0 Å². The van der Waals surface area contributed by atoms with Crippen molar-refractivity contribution >= 4 is 16.6 Å². The van der Waals surface area contributed by atoms with Gasteiger partial charge in [-0.15, -0.1) is 5.10 Å². The molecule has 0 saturated carbocycles. The summed E-state index contributed by atoms with van der Waals surface area (Å²) < 4.78 is 3.03. The van der Waals surface area contributed by atoms with Crippen LogP contribution in [-0.4, -0.2) is 37.9 Å². The number of aryl methyl sites for hydroxylation is 2. The summed E-state index contributed by atoms with van der Waals surface area (Å²) in [5.74, 6) is 0.426. The first-order valence-electron chi connectivity index (χ1n) is 8.44. The number of nitrogens with zero attached hydrogens (tertiary/aromatic N) is 6. The van der Waals surface area contributed by atoms with Gasteiger partial charge in [0.15, 0.2) is 11.3 Å². The minimum absolute atomic E-state index is 0.131. The zero-order chi connectivity index (χ0) is 17.6. The standard InChI is InChI=1S/C17H20N6O2/c1-21-11-14(17-18-19-20-22(17)2)16(24)13-7-6-12(10-15(13)21)23(25)8-4-3-5-9-23/h6-7,10-11H,3-5,8-9H2,1-2H3. The van der Waals surface area contributed by atoms with E-state index in [9.17, 15) is 10.0 Å². The fourth-order valence-electron chi connectivity index (χ4n) is 3.62. The molecule has 130 valence electrons. The second kappa shape index (κ2) is 5.75. The number of piperidine rings is 1. The van der Waals surface area contributed by atoms with Crippen molar-refractivity contribution < 1.29 is 0 Å². The first-order chi connectivity index (χ1) is 12.0. The second-order valence-corrected chi connectivity index (χ2v) is 6.71. The molecule has 2 aromatic heterocycles. The Morgan fingerprint density at radius 2 is 1.92 bits per heavy atom. The van der Waals surface area contributed by atoms with E-state index in [4.69, 9.17) is 0 Å². The number of aromatic nitrogens is 5. The third-order valence-corrected chi connectivity index (χ3v) is 5.04. The van der Waals surface area contributed by atoms with Crippen LogP contribution in [0, 0.1) is 5.21 Å². The van der Waals surface area contributed by atoms with E-state index >= 15 is 0 Å². The molecule has 0 amide bonds. The average molecular weight is 340 g/mol. The monoisotopic (exact) mass is 340 g/mol. The number of hydrogen-bond donors (Lipinski definition) is 0. The van der Waals surface area contributed by atoms with Crippen LogP contribution in [0.3, 0.4) is 0 Å². The van der Waals surface area contributed by atoms with Gasteiger partial charge < -0.3 is 14.4 Å². The van der Waals surface area contributed by atoms with Crippen molar-refractivity contribution in [1.29, 1.82) is 0 Å². The highest BCUT2D eigenvalue weighted by atomic mass is 16.5. The van der Waals surface area contributed by atoms with E-state index in [0.717, 1.165) is 30.5 Å². The van der Waals surface area contributed by atoms with E-state index in [1.54, 1.807) is 25.4 Å². The highest BCUT2D eigenvalue weighted by Crippen LogP contribution is 2.30. The Morgan fingerprint density at radius 1 is 1.16 bits per heavy atom. The lowest BCUT2D eigenvalue weighted by Crippen LogP contribution is -2.47. The molecule has 0 unspecified atom stereocenters. The van der Waals surface area contributed by atoms with Gasteiger partial charge in [-0.05, 0) is 35.8 Å². The summed E-state index contributed by atoms with van der Waals surface area (Å²) in [7, 11) is 3.56. The first kappa shape index (κ1) is 15.9. The molecule has 1 aromatic carbocycles. The average Bonchev–Trinajstić information content (AvgIpc) is 3.04. The molecule has 8 heteroatoms. The van der Waals surface area contributed by atoms with Gasteiger partial charge in [-0.25, -0.2) is 4.68 Å². The molecule has 0 radical (unpaired) electrons. The van der Waals surface area contributed by atoms with Crippen molar-refractivity contribution in [1.82, 2.24) is 29.4 Å². The van der Waals surface area contributed by atoms with Crippen molar-refractivity contribution in [3.05, 3.63) is 39.8 Å². The van der Waals surface area contributed by atoms with Crippen LogP contribution in [0.15, 0.2) is 29.2 Å². The largest absolute Gasteiger partial charge is 0.627 e. The molecule has 0 aliphatic carbocycles. The van der Waals surface area contributed by atoms with Crippen LogP contribution in [0.4, 0.5) is 5.69 Å². The lowest BCUT2D eigenvalue weighted by molar-refractivity contribution is 0.307. The van der Waals surface area contributed by atoms with Crippen LogP contribution in [-0.2, 0) is 14.1 Å². The molecule has 1 fully saturated rings. The van der Waals surface area contributed by atoms with E-state index in [0.29, 0.717) is 29.9 Å². The molecule has 0 bridgehead atoms. The Hall–Kier alpha value is -2.58. The number of quaternary nitrogens is 1. The van der Waals surface area contributed by atoms with E-state index in [1.807, 2.05) is 17.7 Å². The van der Waals surface area contributed by atoms with Crippen LogP contribution in [0.25, 0.3) is 22.3 Å². The fourth-order valence-corrected chi connectivity index (χ4v) is 3.62.